The fraction of sp³-hybridized carbons (Fsp3) is 0.118. The summed E-state index contributed by atoms with van der Waals surface area (Å²) in [6, 6.07) is 13.4. The minimum absolute atomic E-state index is 0. The summed E-state index contributed by atoms with van der Waals surface area (Å²) in [6.45, 7) is 1.87. The summed E-state index contributed by atoms with van der Waals surface area (Å²) in [7, 11) is 0. The maximum atomic E-state index is 13.1. The number of hydrogen-bond donors (Lipinski definition) is 0. The van der Waals surface area contributed by atoms with Gasteiger partial charge >= 0.3 is 35.7 Å². The first-order chi connectivity index (χ1) is 11.8. The van der Waals surface area contributed by atoms with Gasteiger partial charge in [0.05, 0.1) is 11.4 Å². The van der Waals surface area contributed by atoms with E-state index in [1.54, 1.807) is 24.3 Å². The van der Waals surface area contributed by atoms with Gasteiger partial charge in [-0.15, -0.1) is 0 Å². The van der Waals surface area contributed by atoms with Crippen LogP contribution in [-0.2, 0) is 17.3 Å². The van der Waals surface area contributed by atoms with E-state index in [4.69, 9.17) is 0 Å². The second-order valence-corrected chi connectivity index (χ2v) is 6.36. The van der Waals surface area contributed by atoms with Crippen molar-refractivity contribution in [2.75, 3.05) is 0 Å². The number of aromatic nitrogens is 2. The van der Waals surface area contributed by atoms with Crippen molar-refractivity contribution in [3.63, 3.8) is 0 Å². The topological polar surface area (TPSA) is 58.0 Å². The molecule has 1 unspecified atom stereocenters. The van der Waals surface area contributed by atoms with Gasteiger partial charge in [0.15, 0.2) is 5.69 Å². The molecule has 0 bridgehead atoms. The molecule has 0 N–H and O–H groups in total. The van der Waals surface area contributed by atoms with Crippen molar-refractivity contribution >= 4 is 11.1 Å². The van der Waals surface area contributed by atoms with Gasteiger partial charge < -0.3 is 4.55 Å². The molecule has 130 valence electrons. The van der Waals surface area contributed by atoms with E-state index in [0.29, 0.717) is 11.3 Å². The van der Waals surface area contributed by atoms with Crippen LogP contribution in [0.1, 0.15) is 11.3 Å². The SMILES string of the molecule is Cc1ccc(-n2nc(C(F)(F)F)cc2-c2ccc(S(=O)[O-])cc2)cc1.[Na+]. The predicted molar refractivity (Wildman–Crippen MR) is 85.9 cm³/mol. The van der Waals surface area contributed by atoms with Gasteiger partial charge in [0.2, 0.25) is 0 Å². The molecule has 26 heavy (non-hydrogen) atoms. The first kappa shape index (κ1) is 20.9. The molecule has 0 fully saturated rings. The number of rotatable bonds is 3. The number of alkyl halides is 3. The van der Waals surface area contributed by atoms with Crippen LogP contribution in [0.5, 0.6) is 0 Å². The smallest absolute Gasteiger partial charge is 0.768 e. The quantitative estimate of drug-likeness (QED) is 0.499. The Balaban J connectivity index is 0.00000243. The summed E-state index contributed by atoms with van der Waals surface area (Å²) < 4.78 is 62.3. The maximum absolute atomic E-state index is 13.1. The summed E-state index contributed by atoms with van der Waals surface area (Å²) in [5.41, 5.74) is 1.08. The minimum Gasteiger partial charge on any atom is -0.768 e. The molecule has 0 saturated heterocycles. The van der Waals surface area contributed by atoms with E-state index < -0.39 is 23.0 Å². The third-order valence-corrected chi connectivity index (χ3v) is 4.28. The molecule has 0 aliphatic rings. The van der Waals surface area contributed by atoms with E-state index in [1.165, 1.54) is 28.9 Å². The van der Waals surface area contributed by atoms with E-state index in [9.17, 15) is 21.9 Å². The Morgan fingerprint density at radius 3 is 2.12 bits per heavy atom. The zero-order chi connectivity index (χ0) is 18.2. The number of nitrogens with zero attached hydrogens (tertiary/aromatic N) is 2. The molecule has 2 aromatic carbocycles. The van der Waals surface area contributed by atoms with E-state index in [0.717, 1.165) is 11.6 Å². The van der Waals surface area contributed by atoms with Gasteiger partial charge in [-0.25, -0.2) is 4.68 Å². The second-order valence-electron chi connectivity index (χ2n) is 5.42. The molecular formula is C17H12F3N2NaO2S. The van der Waals surface area contributed by atoms with Crippen LogP contribution in [0.3, 0.4) is 0 Å². The Kier molecular flexibility index (Phi) is 6.46. The fourth-order valence-corrected chi connectivity index (χ4v) is 2.70. The molecule has 1 heterocycles. The molecule has 1 aromatic heterocycles. The normalized spacial score (nSPS) is 12.5. The van der Waals surface area contributed by atoms with Gasteiger partial charge in [0.1, 0.15) is 0 Å². The van der Waals surface area contributed by atoms with Crippen LogP contribution in [0.25, 0.3) is 16.9 Å². The van der Waals surface area contributed by atoms with Crippen LogP contribution in [-0.4, -0.2) is 18.5 Å². The Morgan fingerprint density at radius 1 is 1.04 bits per heavy atom. The van der Waals surface area contributed by atoms with Gasteiger partial charge in [0, 0.05) is 10.5 Å². The largest absolute Gasteiger partial charge is 1.00 e. The number of hydrogen-bond acceptors (Lipinski definition) is 3. The van der Waals surface area contributed by atoms with Crippen LogP contribution in [0.2, 0.25) is 0 Å². The molecule has 0 spiro atoms. The zero-order valence-electron chi connectivity index (χ0n) is 13.9. The first-order valence-corrected chi connectivity index (χ1v) is 8.27. The molecule has 9 heteroatoms. The summed E-state index contributed by atoms with van der Waals surface area (Å²) >= 11 is -2.40. The molecule has 1 atom stereocenters. The minimum atomic E-state index is -4.58. The van der Waals surface area contributed by atoms with Crippen LogP contribution in [0.15, 0.2) is 59.5 Å². The first-order valence-electron chi connectivity index (χ1n) is 7.20. The van der Waals surface area contributed by atoms with Crippen molar-refractivity contribution in [1.29, 1.82) is 0 Å². The molecule has 0 aliphatic carbocycles. The van der Waals surface area contributed by atoms with Crippen molar-refractivity contribution < 1.29 is 51.5 Å². The van der Waals surface area contributed by atoms with E-state index in [-0.39, 0.29) is 40.1 Å². The third-order valence-electron chi connectivity index (χ3n) is 3.62. The average Bonchev–Trinajstić information content (AvgIpc) is 3.01. The number of benzene rings is 2. The average molecular weight is 388 g/mol. The van der Waals surface area contributed by atoms with Gasteiger partial charge in [0.25, 0.3) is 0 Å². The Bertz CT molecular complexity index is 923. The Labute approximate surface area is 172 Å². The van der Waals surface area contributed by atoms with Crippen molar-refractivity contribution in [1.82, 2.24) is 9.78 Å². The van der Waals surface area contributed by atoms with E-state index >= 15 is 0 Å². The summed E-state index contributed by atoms with van der Waals surface area (Å²) in [6.07, 6.45) is -4.58. The monoisotopic (exact) mass is 388 g/mol. The van der Waals surface area contributed by atoms with Crippen molar-refractivity contribution in [3.8, 4) is 16.9 Å². The number of aryl methyl sites for hydroxylation is 1. The van der Waals surface area contributed by atoms with Gasteiger partial charge in [-0.05, 0) is 48.3 Å². The molecular weight excluding hydrogens is 376 g/mol. The van der Waals surface area contributed by atoms with E-state index in [1.807, 2.05) is 6.92 Å². The van der Waals surface area contributed by atoms with Gasteiger partial charge in [-0.1, -0.05) is 29.8 Å². The Morgan fingerprint density at radius 2 is 1.62 bits per heavy atom. The van der Waals surface area contributed by atoms with Gasteiger partial charge in [-0.2, -0.15) is 18.3 Å². The van der Waals surface area contributed by atoms with Gasteiger partial charge in [-0.3, -0.25) is 4.21 Å². The molecule has 3 rings (SSSR count). The summed E-state index contributed by atoms with van der Waals surface area (Å²) in [4.78, 5) is 0.0567. The standard InChI is InChI=1S/C17H13F3N2O2S.Na/c1-11-2-6-13(7-3-11)22-15(10-16(21-22)17(18,19)20)12-4-8-14(9-5-12)25(23)24;/h2-10H,1H3,(H,23,24);/q;+1/p-1. The molecule has 0 saturated carbocycles. The second kappa shape index (κ2) is 8.06. The summed E-state index contributed by atoms with van der Waals surface area (Å²) in [5, 5.41) is 3.69. The van der Waals surface area contributed by atoms with Crippen LogP contribution in [0.4, 0.5) is 13.2 Å². The zero-order valence-corrected chi connectivity index (χ0v) is 16.8. The van der Waals surface area contributed by atoms with Crippen molar-refractivity contribution in [2.24, 2.45) is 0 Å². The molecule has 4 nitrogen and oxygen atoms in total. The molecule has 0 amide bonds. The van der Waals surface area contributed by atoms with Crippen LogP contribution < -0.4 is 29.6 Å². The van der Waals surface area contributed by atoms with Crippen molar-refractivity contribution in [3.05, 3.63) is 65.9 Å². The number of halogens is 3. The van der Waals surface area contributed by atoms with Crippen LogP contribution >= 0.6 is 0 Å². The molecule has 3 aromatic rings. The maximum Gasteiger partial charge on any atom is 1.00 e. The predicted octanol–water partition coefficient (Wildman–Crippen LogP) is 1.11. The Hall–Kier alpha value is -1.45. The molecule has 0 aliphatic heterocycles. The third kappa shape index (κ3) is 4.44. The molecule has 0 radical (unpaired) electrons. The van der Waals surface area contributed by atoms with E-state index in [2.05, 4.69) is 5.10 Å². The summed E-state index contributed by atoms with van der Waals surface area (Å²) in [5.74, 6) is 0. The van der Waals surface area contributed by atoms with Crippen molar-refractivity contribution in [2.45, 2.75) is 18.0 Å². The van der Waals surface area contributed by atoms with Crippen LogP contribution in [0, 0.1) is 6.92 Å². The fourth-order valence-electron chi connectivity index (χ4n) is 2.34.